The minimum Gasteiger partial charge on any atom is -0.701 e. The Bertz CT molecular complexity index is 622. The van der Waals surface area contributed by atoms with Gasteiger partial charge in [-0.15, -0.1) is 4.68 Å². The fourth-order valence-electron chi connectivity index (χ4n) is 1.66. The molecule has 2 aromatic rings. The number of aromatic nitrogens is 4. The Morgan fingerprint density at radius 3 is 2.67 bits per heavy atom. The number of aryl methyl sites for hydroxylation is 1. The molecule has 0 N–H and O–H groups in total. The van der Waals surface area contributed by atoms with Gasteiger partial charge in [-0.2, -0.15) is 0 Å². The van der Waals surface area contributed by atoms with Gasteiger partial charge < -0.3 is 27.4 Å². The van der Waals surface area contributed by atoms with Gasteiger partial charge in [-0.25, -0.2) is 0 Å². The average Bonchev–Trinajstić information content (AvgIpc) is 2.68. The number of benzene rings is 1. The van der Waals surface area contributed by atoms with Crippen LogP contribution in [0.5, 0.6) is 0 Å². The molecule has 0 bridgehead atoms. The number of rotatable bonds is 4. The topological polar surface area (TPSA) is 78.0 Å². The van der Waals surface area contributed by atoms with Crippen molar-refractivity contribution in [3.63, 3.8) is 0 Å². The summed E-state index contributed by atoms with van der Waals surface area (Å²) in [5.41, 5.74) is 1.45. The van der Waals surface area contributed by atoms with E-state index < -0.39 is 5.97 Å². The van der Waals surface area contributed by atoms with Crippen molar-refractivity contribution in [1.82, 2.24) is 15.1 Å². The van der Waals surface area contributed by atoms with Crippen molar-refractivity contribution in [2.75, 3.05) is 18.5 Å². The molecular formula is C11H12N5Na2O2S+. The van der Waals surface area contributed by atoms with Crippen LogP contribution in [-0.4, -0.2) is 34.7 Å². The van der Waals surface area contributed by atoms with Crippen LogP contribution in [0, 0.1) is 0 Å². The molecule has 0 saturated heterocycles. The third kappa shape index (κ3) is 5.48. The van der Waals surface area contributed by atoms with Gasteiger partial charge in [-0.3, -0.25) is 0 Å². The van der Waals surface area contributed by atoms with Gasteiger partial charge in [0.05, 0.1) is 17.7 Å². The van der Waals surface area contributed by atoms with E-state index in [1.165, 1.54) is 9.48 Å². The second-order valence-electron chi connectivity index (χ2n) is 4.02. The van der Waals surface area contributed by atoms with E-state index in [0.29, 0.717) is 5.16 Å². The van der Waals surface area contributed by atoms with E-state index >= 15 is 0 Å². The Morgan fingerprint density at radius 1 is 1.48 bits per heavy atom. The molecule has 100 valence electrons. The number of likely N-dealkylation sites (N-methyl/N-ethyl adjacent to an activating group) is 1. The largest absolute Gasteiger partial charge is 1.00 e. The van der Waals surface area contributed by atoms with Crippen LogP contribution in [0.2, 0.25) is 0 Å². The van der Waals surface area contributed by atoms with Crippen LogP contribution in [0.25, 0.3) is 5.69 Å². The van der Waals surface area contributed by atoms with Gasteiger partial charge in [0, 0.05) is 23.9 Å². The summed E-state index contributed by atoms with van der Waals surface area (Å²) < 4.78 is 1.51. The molecule has 1 aromatic heterocycles. The molecular weight excluding hydrogens is 312 g/mol. The van der Waals surface area contributed by atoms with Gasteiger partial charge in [0.1, 0.15) is 12.7 Å². The molecule has 0 fully saturated rings. The van der Waals surface area contributed by atoms with Gasteiger partial charge >= 0.3 is 59.1 Å². The molecule has 10 heteroatoms. The van der Waals surface area contributed by atoms with E-state index in [-0.39, 0.29) is 65.7 Å². The van der Waals surface area contributed by atoms with Gasteiger partial charge in [0.2, 0.25) is 0 Å². The van der Waals surface area contributed by atoms with Crippen molar-refractivity contribution in [1.29, 1.82) is 0 Å². The zero-order valence-corrected chi connectivity index (χ0v) is 17.3. The molecule has 0 unspecified atom stereocenters. The van der Waals surface area contributed by atoms with Crippen molar-refractivity contribution in [3.8, 4) is 5.69 Å². The second-order valence-corrected chi connectivity index (χ2v) is 4.39. The van der Waals surface area contributed by atoms with Crippen LogP contribution < -0.4 is 73.8 Å². The maximum absolute atomic E-state index is 10.6. The normalized spacial score (nSPS) is 9.43. The molecule has 0 aliphatic carbocycles. The van der Waals surface area contributed by atoms with Gasteiger partial charge in [0.15, 0.2) is 5.16 Å². The van der Waals surface area contributed by atoms with E-state index in [0.717, 1.165) is 11.4 Å². The average molecular weight is 324 g/mol. The molecule has 2 rings (SSSR count). The third-order valence-electron chi connectivity index (χ3n) is 2.51. The standard InChI is InChI=1S/C11H13N5O2S.2Na/c1-14(7-10(17)18)8-4-3-5-9(6-8)16-11(19)12-15(2)13-16;;/h3-6H,7H2,1-2H3,(H-,12,13,17,18,19);;/q;2*+1/p-1. The van der Waals surface area contributed by atoms with Crippen LogP contribution in [0.1, 0.15) is 0 Å². The number of anilines is 1. The zero-order valence-electron chi connectivity index (χ0n) is 12.5. The predicted octanol–water partition coefficient (Wildman–Crippen LogP) is -7.81. The van der Waals surface area contributed by atoms with Crippen molar-refractivity contribution in [2.45, 2.75) is 5.16 Å². The predicted molar refractivity (Wildman–Crippen MR) is 66.4 cm³/mol. The zero-order chi connectivity index (χ0) is 14.0. The van der Waals surface area contributed by atoms with Crippen LogP contribution in [0.4, 0.5) is 5.69 Å². The number of hydrogen-bond donors (Lipinski definition) is 0. The number of carboxylic acid groups (broad SMARTS) is 1. The van der Waals surface area contributed by atoms with Crippen LogP contribution in [0.15, 0.2) is 29.4 Å². The Hall–Kier alpha value is -0.220. The van der Waals surface area contributed by atoms with Gasteiger partial charge in [0.25, 0.3) is 0 Å². The molecule has 7 nitrogen and oxygen atoms in total. The molecule has 0 aliphatic heterocycles. The first-order valence-corrected chi connectivity index (χ1v) is 5.90. The smallest absolute Gasteiger partial charge is 0.701 e. The summed E-state index contributed by atoms with van der Waals surface area (Å²) in [5.74, 6) is -1.14. The van der Waals surface area contributed by atoms with E-state index in [1.54, 1.807) is 37.2 Å². The number of carbonyl (C=O) groups excluding carboxylic acids is 1. The second kappa shape index (κ2) is 9.04. The number of carbonyl (C=O) groups is 1. The molecule has 0 amide bonds. The summed E-state index contributed by atoms with van der Waals surface area (Å²) in [7, 11) is 3.35. The molecule has 0 aliphatic rings. The minimum atomic E-state index is -1.14. The Morgan fingerprint density at radius 2 is 2.14 bits per heavy atom. The SMILES string of the molecule is CN(CC(=O)[O-])c1cccc(-[n+]2nn(C)nc2[S-])c1.[Na+].[Na+]. The molecule has 1 aromatic carbocycles. The molecule has 0 spiro atoms. The fourth-order valence-corrected chi connectivity index (χ4v) is 1.92. The number of carboxylic acids is 1. The summed E-state index contributed by atoms with van der Waals surface area (Å²) in [5, 5.41) is 19.0. The maximum Gasteiger partial charge on any atom is 1.00 e. The number of hydrogen-bond acceptors (Lipinski definition) is 6. The van der Waals surface area contributed by atoms with Gasteiger partial charge in [-0.05, 0) is 16.9 Å². The summed E-state index contributed by atoms with van der Waals surface area (Å²) >= 11 is 5.08. The quantitative estimate of drug-likeness (QED) is 0.316. The molecule has 21 heavy (non-hydrogen) atoms. The first-order chi connectivity index (χ1) is 8.97. The first-order valence-electron chi connectivity index (χ1n) is 5.49. The van der Waals surface area contributed by atoms with Crippen molar-refractivity contribution in [2.24, 2.45) is 7.05 Å². The molecule has 0 saturated carbocycles. The van der Waals surface area contributed by atoms with Gasteiger partial charge in [-0.1, -0.05) is 6.07 Å². The Kier molecular flexibility index (Phi) is 8.94. The van der Waals surface area contributed by atoms with Crippen molar-refractivity contribution >= 4 is 24.3 Å². The monoisotopic (exact) mass is 324 g/mol. The number of nitrogens with zero attached hydrogens (tertiary/aromatic N) is 5. The van der Waals surface area contributed by atoms with E-state index in [9.17, 15) is 9.90 Å². The van der Waals surface area contributed by atoms with E-state index in [4.69, 9.17) is 12.6 Å². The van der Waals surface area contributed by atoms with Crippen LogP contribution in [-0.2, 0) is 24.5 Å². The van der Waals surface area contributed by atoms with Crippen molar-refractivity contribution in [3.05, 3.63) is 24.3 Å². The van der Waals surface area contributed by atoms with E-state index in [1.807, 2.05) is 6.07 Å². The number of aliphatic carboxylic acids is 1. The Balaban J connectivity index is 0.00000200. The minimum absolute atomic E-state index is 0. The summed E-state index contributed by atoms with van der Waals surface area (Å²) in [6.45, 7) is -0.185. The molecule has 1 heterocycles. The molecule has 0 radical (unpaired) electrons. The fraction of sp³-hybridized carbons (Fsp3) is 0.273. The van der Waals surface area contributed by atoms with Crippen LogP contribution in [0.3, 0.4) is 0 Å². The summed E-state index contributed by atoms with van der Waals surface area (Å²) in [4.78, 5) is 13.5. The van der Waals surface area contributed by atoms with Crippen molar-refractivity contribution < 1.29 is 73.7 Å². The number of tetrazole rings is 1. The van der Waals surface area contributed by atoms with E-state index in [2.05, 4.69) is 10.3 Å². The van der Waals surface area contributed by atoms with Crippen LogP contribution >= 0.6 is 0 Å². The third-order valence-corrected chi connectivity index (χ3v) is 2.77. The Labute approximate surface area is 172 Å². The maximum atomic E-state index is 10.6. The summed E-state index contributed by atoms with van der Waals surface area (Å²) in [6, 6.07) is 7.20. The first kappa shape index (κ1) is 20.8. The molecule has 0 atom stereocenters. The summed E-state index contributed by atoms with van der Waals surface area (Å²) in [6.07, 6.45) is 0.